The summed E-state index contributed by atoms with van der Waals surface area (Å²) in [5.41, 5.74) is 5.66. The van der Waals surface area contributed by atoms with Crippen molar-refractivity contribution in [2.24, 2.45) is 0 Å². The molecule has 0 bridgehead atoms. The normalized spacial score (nSPS) is 19.5. The number of nitrogens with zero attached hydrogens (tertiary/aromatic N) is 1. The van der Waals surface area contributed by atoms with Gasteiger partial charge in [-0.25, -0.2) is 0 Å². The Kier molecular flexibility index (Phi) is 7.29. The number of Topliss-reactive ketones (excluding diaryl/α,β-unsaturated/α-hetero) is 1. The smallest absolute Gasteiger partial charge is 0.228 e. The molecule has 1 aliphatic carbocycles. The summed E-state index contributed by atoms with van der Waals surface area (Å²) in [5.74, 6) is 0.750. The maximum Gasteiger partial charge on any atom is 0.228 e. The van der Waals surface area contributed by atoms with Crippen LogP contribution in [0.1, 0.15) is 95.1 Å². The quantitative estimate of drug-likeness (QED) is 0.341. The minimum atomic E-state index is -0.595. The lowest BCUT2D eigenvalue weighted by Crippen LogP contribution is -2.38. The summed E-state index contributed by atoms with van der Waals surface area (Å²) in [4.78, 5) is 29.6. The highest BCUT2D eigenvalue weighted by molar-refractivity contribution is 6.06. The van der Waals surface area contributed by atoms with Gasteiger partial charge in [-0.3, -0.25) is 14.5 Å². The number of anilines is 2. The minimum absolute atomic E-state index is 0.00976. The molecule has 5 rings (SSSR count). The molecule has 0 saturated carbocycles. The molecule has 2 aromatic carbocycles. The summed E-state index contributed by atoms with van der Waals surface area (Å²) in [5, 5.41) is 3.59. The van der Waals surface area contributed by atoms with Gasteiger partial charge in [0.1, 0.15) is 11.8 Å². The molecule has 1 amide bonds. The number of furan rings is 1. The van der Waals surface area contributed by atoms with Crippen molar-refractivity contribution < 1.29 is 14.0 Å². The number of nitrogens with one attached hydrogen (secondary N) is 1. The first-order valence-electron chi connectivity index (χ1n) is 13.9. The molecular formula is C33H38N2O3. The fraction of sp³-hybridized carbons (Fsp3) is 0.394. The van der Waals surface area contributed by atoms with Gasteiger partial charge < -0.3 is 9.73 Å². The number of ketones is 1. The number of unbranched alkanes of at least 4 members (excludes halogenated alkanes) is 2. The third-order valence-corrected chi connectivity index (χ3v) is 7.81. The summed E-state index contributed by atoms with van der Waals surface area (Å²) in [6.45, 7) is 8.76. The lowest BCUT2D eigenvalue weighted by Gasteiger charge is -2.34. The van der Waals surface area contributed by atoms with Gasteiger partial charge in [-0.15, -0.1) is 0 Å². The van der Waals surface area contributed by atoms with Crippen molar-refractivity contribution in [3.8, 4) is 0 Å². The molecule has 2 atom stereocenters. The standard InChI is InChI=1S/C33H38N2O3/c1-5-6-7-14-30(37)35-27-12-9-8-11-25(27)34-26-20-23(22-15-17-24(18-16-22)33(2,3)4)21-28(36)31(26)32(35)29-13-10-19-38-29/h8-13,15-19,23,32,34H,5-7,14,20-21H2,1-4H3/t23-,32-/m1/s1. The van der Waals surface area contributed by atoms with E-state index in [-0.39, 0.29) is 23.0 Å². The van der Waals surface area contributed by atoms with E-state index in [1.807, 2.05) is 36.4 Å². The number of fused-ring (bicyclic) bond motifs is 1. The molecule has 1 aliphatic heterocycles. The highest BCUT2D eigenvalue weighted by Crippen LogP contribution is 2.47. The first-order valence-corrected chi connectivity index (χ1v) is 13.9. The summed E-state index contributed by atoms with van der Waals surface area (Å²) in [6, 6.07) is 19.7. The second-order valence-electron chi connectivity index (χ2n) is 11.6. The van der Waals surface area contributed by atoms with Gasteiger partial charge in [0, 0.05) is 24.1 Å². The van der Waals surface area contributed by atoms with E-state index in [9.17, 15) is 9.59 Å². The molecule has 1 N–H and O–H groups in total. The molecule has 2 aliphatic rings. The molecule has 0 saturated heterocycles. The third kappa shape index (κ3) is 5.07. The van der Waals surface area contributed by atoms with Crippen LogP contribution in [0.25, 0.3) is 0 Å². The van der Waals surface area contributed by atoms with Crippen LogP contribution >= 0.6 is 0 Å². The largest absolute Gasteiger partial charge is 0.467 e. The van der Waals surface area contributed by atoms with Crippen LogP contribution in [-0.4, -0.2) is 11.7 Å². The predicted molar refractivity (Wildman–Crippen MR) is 152 cm³/mol. The number of carbonyl (C=O) groups excluding carboxylic acids is 2. The van der Waals surface area contributed by atoms with Crippen LogP contribution in [0.5, 0.6) is 0 Å². The molecule has 5 nitrogen and oxygen atoms in total. The van der Waals surface area contributed by atoms with Crippen LogP contribution in [0.2, 0.25) is 0 Å². The van der Waals surface area contributed by atoms with E-state index < -0.39 is 6.04 Å². The van der Waals surface area contributed by atoms with Gasteiger partial charge in [-0.05, 0) is 59.6 Å². The third-order valence-electron chi connectivity index (χ3n) is 7.81. The summed E-state index contributed by atoms with van der Waals surface area (Å²) in [6.07, 6.45) is 6.00. The summed E-state index contributed by atoms with van der Waals surface area (Å²) in [7, 11) is 0. The molecule has 3 aromatic rings. The highest BCUT2D eigenvalue weighted by Gasteiger charge is 2.42. The van der Waals surface area contributed by atoms with Gasteiger partial charge in [-0.2, -0.15) is 0 Å². The number of benzene rings is 2. The van der Waals surface area contributed by atoms with E-state index in [2.05, 4.69) is 57.3 Å². The molecule has 0 fully saturated rings. The summed E-state index contributed by atoms with van der Waals surface area (Å²) >= 11 is 0. The molecule has 198 valence electrons. The number of carbonyl (C=O) groups is 2. The second kappa shape index (κ2) is 10.6. The van der Waals surface area contributed by atoms with Crippen molar-refractivity contribution in [1.82, 2.24) is 0 Å². The number of hydrogen-bond acceptors (Lipinski definition) is 4. The number of allylic oxidation sites excluding steroid dienone is 1. The first-order chi connectivity index (χ1) is 18.3. The molecule has 5 heteroatoms. The predicted octanol–water partition coefficient (Wildman–Crippen LogP) is 8.06. The zero-order valence-corrected chi connectivity index (χ0v) is 22.9. The first kappa shape index (κ1) is 26.0. The van der Waals surface area contributed by atoms with E-state index in [1.54, 1.807) is 11.2 Å². The molecule has 2 heterocycles. The zero-order valence-electron chi connectivity index (χ0n) is 22.9. The lowest BCUT2D eigenvalue weighted by molar-refractivity contribution is -0.119. The molecule has 0 radical (unpaired) electrons. The van der Waals surface area contributed by atoms with E-state index in [0.29, 0.717) is 30.6 Å². The molecule has 0 spiro atoms. The van der Waals surface area contributed by atoms with E-state index in [1.165, 1.54) is 11.1 Å². The topological polar surface area (TPSA) is 62.6 Å². The van der Waals surface area contributed by atoms with Gasteiger partial charge in [0.2, 0.25) is 5.91 Å². The molecule has 1 aromatic heterocycles. The second-order valence-corrected chi connectivity index (χ2v) is 11.6. The Morgan fingerprint density at radius 1 is 1.00 bits per heavy atom. The fourth-order valence-corrected chi connectivity index (χ4v) is 5.72. The van der Waals surface area contributed by atoms with Crippen molar-refractivity contribution in [3.63, 3.8) is 0 Å². The van der Waals surface area contributed by atoms with Crippen molar-refractivity contribution in [1.29, 1.82) is 0 Å². The zero-order chi connectivity index (χ0) is 26.9. The van der Waals surface area contributed by atoms with Gasteiger partial charge in [-0.1, -0.05) is 76.9 Å². The van der Waals surface area contributed by atoms with Crippen molar-refractivity contribution in [2.75, 3.05) is 10.2 Å². The maximum atomic E-state index is 14.0. The van der Waals surface area contributed by atoms with Crippen molar-refractivity contribution >= 4 is 23.1 Å². The molecule has 38 heavy (non-hydrogen) atoms. The van der Waals surface area contributed by atoms with Gasteiger partial charge in [0.05, 0.1) is 17.6 Å². The van der Waals surface area contributed by atoms with Crippen LogP contribution in [0.15, 0.2) is 82.6 Å². The van der Waals surface area contributed by atoms with Crippen LogP contribution in [0.3, 0.4) is 0 Å². The Labute approximate surface area is 225 Å². The number of hydrogen-bond donors (Lipinski definition) is 1. The Balaban J connectivity index is 1.58. The maximum absolute atomic E-state index is 14.0. The Bertz CT molecular complexity index is 1330. The average molecular weight is 511 g/mol. The van der Waals surface area contributed by atoms with Gasteiger partial charge >= 0.3 is 0 Å². The Hall–Kier alpha value is -3.60. The SMILES string of the molecule is CCCCCC(=O)N1c2ccccc2NC2=C(C(=O)C[C@H](c3ccc(C(C)(C)C)cc3)C2)[C@H]1c1ccco1. The Morgan fingerprint density at radius 3 is 2.45 bits per heavy atom. The fourth-order valence-electron chi connectivity index (χ4n) is 5.72. The minimum Gasteiger partial charge on any atom is -0.467 e. The van der Waals surface area contributed by atoms with Crippen molar-refractivity contribution in [2.45, 2.75) is 83.6 Å². The Morgan fingerprint density at radius 2 is 1.76 bits per heavy atom. The number of para-hydroxylation sites is 2. The van der Waals surface area contributed by atoms with Crippen LogP contribution in [0.4, 0.5) is 11.4 Å². The number of rotatable bonds is 6. The average Bonchev–Trinajstić information content (AvgIpc) is 3.38. The van der Waals surface area contributed by atoms with Gasteiger partial charge in [0.15, 0.2) is 5.78 Å². The van der Waals surface area contributed by atoms with E-state index in [4.69, 9.17) is 4.42 Å². The van der Waals surface area contributed by atoms with Gasteiger partial charge in [0.25, 0.3) is 0 Å². The van der Waals surface area contributed by atoms with Crippen LogP contribution in [-0.2, 0) is 15.0 Å². The molecule has 0 unspecified atom stereocenters. The summed E-state index contributed by atoms with van der Waals surface area (Å²) < 4.78 is 5.90. The van der Waals surface area contributed by atoms with Crippen LogP contribution < -0.4 is 10.2 Å². The van der Waals surface area contributed by atoms with E-state index in [0.717, 1.165) is 36.3 Å². The van der Waals surface area contributed by atoms with E-state index >= 15 is 0 Å². The number of amides is 1. The van der Waals surface area contributed by atoms with Crippen molar-refractivity contribution in [3.05, 3.63) is 95.1 Å². The molecular weight excluding hydrogens is 472 g/mol. The monoisotopic (exact) mass is 510 g/mol. The highest BCUT2D eigenvalue weighted by atomic mass is 16.3. The van der Waals surface area contributed by atoms with Crippen LogP contribution in [0, 0.1) is 0 Å². The lowest BCUT2D eigenvalue weighted by atomic mass is 9.78.